The first-order chi connectivity index (χ1) is 8.81. The molecule has 0 aliphatic rings. The number of hydrogen-bond donors (Lipinski definition) is 2. The smallest absolute Gasteiger partial charge is 0.352 e. The molecule has 1 unspecified atom stereocenters. The van der Waals surface area contributed by atoms with Crippen molar-refractivity contribution in [3.63, 3.8) is 0 Å². The predicted molar refractivity (Wildman–Crippen MR) is 71.7 cm³/mol. The maximum Gasteiger partial charge on any atom is 0.352 e. The van der Waals surface area contributed by atoms with Gasteiger partial charge in [0, 0.05) is 19.3 Å². The minimum Gasteiger partial charge on any atom is -0.477 e. The van der Waals surface area contributed by atoms with Gasteiger partial charge in [0.05, 0.1) is 0 Å². The van der Waals surface area contributed by atoms with E-state index in [1.807, 2.05) is 13.8 Å². The molecule has 0 aliphatic carbocycles. The van der Waals surface area contributed by atoms with Crippen molar-refractivity contribution in [2.24, 2.45) is 7.05 Å². The lowest BCUT2D eigenvalue weighted by atomic mass is 10.1. The standard InChI is InChI=1S/C12H20N2O4S/c1-4-6-9(5-2)13-19(17,18)10-7-11(12(15)16)14(3)8-10/h7-9,13H,4-6H2,1-3H3,(H,15,16). The van der Waals surface area contributed by atoms with Crippen LogP contribution in [0.5, 0.6) is 0 Å². The molecule has 0 amide bonds. The Morgan fingerprint density at radius 3 is 2.53 bits per heavy atom. The minimum absolute atomic E-state index is 0.0121. The highest BCUT2D eigenvalue weighted by Gasteiger charge is 2.22. The van der Waals surface area contributed by atoms with E-state index in [0.717, 1.165) is 12.8 Å². The molecule has 1 atom stereocenters. The number of aromatic nitrogens is 1. The van der Waals surface area contributed by atoms with E-state index in [-0.39, 0.29) is 16.6 Å². The molecule has 1 aromatic heterocycles. The van der Waals surface area contributed by atoms with Crippen LogP contribution in [0.4, 0.5) is 0 Å². The van der Waals surface area contributed by atoms with Crippen LogP contribution in [0.2, 0.25) is 0 Å². The minimum atomic E-state index is -3.66. The molecule has 0 radical (unpaired) electrons. The van der Waals surface area contributed by atoms with Crippen molar-refractivity contribution in [3.05, 3.63) is 18.0 Å². The van der Waals surface area contributed by atoms with Crippen LogP contribution in [0.1, 0.15) is 43.6 Å². The topological polar surface area (TPSA) is 88.4 Å². The van der Waals surface area contributed by atoms with Crippen molar-refractivity contribution < 1.29 is 18.3 Å². The van der Waals surface area contributed by atoms with Gasteiger partial charge in [0.15, 0.2) is 0 Å². The van der Waals surface area contributed by atoms with Gasteiger partial charge in [-0.25, -0.2) is 17.9 Å². The second-order valence-electron chi connectivity index (χ2n) is 4.49. The molecule has 1 rings (SSSR count). The number of carbonyl (C=O) groups is 1. The van der Waals surface area contributed by atoms with Crippen molar-refractivity contribution in [2.45, 2.75) is 44.0 Å². The summed E-state index contributed by atoms with van der Waals surface area (Å²) in [6.07, 6.45) is 3.65. The van der Waals surface area contributed by atoms with Crippen molar-refractivity contribution in [3.8, 4) is 0 Å². The van der Waals surface area contributed by atoms with Gasteiger partial charge >= 0.3 is 5.97 Å². The molecule has 0 aliphatic heterocycles. The lowest BCUT2D eigenvalue weighted by Crippen LogP contribution is -2.34. The molecule has 0 saturated carbocycles. The molecule has 0 bridgehead atoms. The third kappa shape index (κ3) is 3.81. The number of hydrogen-bond acceptors (Lipinski definition) is 3. The van der Waals surface area contributed by atoms with Gasteiger partial charge in [-0.05, 0) is 18.9 Å². The number of rotatable bonds is 7. The van der Waals surface area contributed by atoms with E-state index >= 15 is 0 Å². The Morgan fingerprint density at radius 2 is 2.11 bits per heavy atom. The van der Waals surface area contributed by atoms with Crippen LogP contribution in [0.3, 0.4) is 0 Å². The number of nitrogens with one attached hydrogen (secondary N) is 1. The van der Waals surface area contributed by atoms with E-state index in [2.05, 4.69) is 4.72 Å². The lowest BCUT2D eigenvalue weighted by molar-refractivity contribution is 0.0686. The summed E-state index contributed by atoms with van der Waals surface area (Å²) in [5.74, 6) is -1.15. The fraction of sp³-hybridized carbons (Fsp3) is 0.583. The molecule has 2 N–H and O–H groups in total. The maximum absolute atomic E-state index is 12.1. The van der Waals surface area contributed by atoms with Crippen LogP contribution in [-0.2, 0) is 17.1 Å². The number of aromatic carboxylic acids is 1. The van der Waals surface area contributed by atoms with Gasteiger partial charge in [-0.3, -0.25) is 0 Å². The Bertz CT molecular complexity index is 548. The molecule has 19 heavy (non-hydrogen) atoms. The normalized spacial score (nSPS) is 13.4. The largest absolute Gasteiger partial charge is 0.477 e. The molecule has 108 valence electrons. The van der Waals surface area contributed by atoms with Crippen molar-refractivity contribution >= 4 is 16.0 Å². The number of carboxylic acids is 1. The Kier molecular flexibility index (Phi) is 5.13. The highest BCUT2D eigenvalue weighted by Crippen LogP contribution is 2.15. The Morgan fingerprint density at radius 1 is 1.47 bits per heavy atom. The van der Waals surface area contributed by atoms with E-state index in [1.54, 1.807) is 0 Å². The number of nitrogens with zero attached hydrogens (tertiary/aromatic N) is 1. The molecular formula is C12H20N2O4S. The van der Waals surface area contributed by atoms with Crippen molar-refractivity contribution in [2.75, 3.05) is 0 Å². The summed E-state index contributed by atoms with van der Waals surface area (Å²) in [4.78, 5) is 10.9. The summed E-state index contributed by atoms with van der Waals surface area (Å²) < 4.78 is 28.2. The SMILES string of the molecule is CCCC(CC)NS(=O)(=O)c1cc(C(=O)O)n(C)c1. The van der Waals surface area contributed by atoms with E-state index < -0.39 is 16.0 Å². The molecule has 0 fully saturated rings. The zero-order chi connectivity index (χ0) is 14.6. The zero-order valence-corrected chi connectivity index (χ0v) is 12.2. The van der Waals surface area contributed by atoms with Gasteiger partial charge in [0.2, 0.25) is 10.0 Å². The van der Waals surface area contributed by atoms with E-state index in [9.17, 15) is 13.2 Å². The summed E-state index contributed by atoms with van der Waals surface area (Å²) in [6, 6.07) is 1.05. The van der Waals surface area contributed by atoms with Gasteiger partial charge < -0.3 is 9.67 Å². The average Bonchev–Trinajstić information content (AvgIpc) is 2.71. The summed E-state index contributed by atoms with van der Waals surface area (Å²) >= 11 is 0. The molecular weight excluding hydrogens is 268 g/mol. The number of carboxylic acid groups (broad SMARTS) is 1. The van der Waals surface area contributed by atoms with Crippen LogP contribution in [0.25, 0.3) is 0 Å². The van der Waals surface area contributed by atoms with Gasteiger partial charge in [0.1, 0.15) is 10.6 Å². The van der Waals surface area contributed by atoms with E-state index in [1.165, 1.54) is 23.9 Å². The van der Waals surface area contributed by atoms with E-state index in [0.29, 0.717) is 6.42 Å². The molecule has 0 spiro atoms. The molecule has 1 heterocycles. The van der Waals surface area contributed by atoms with Crippen LogP contribution in [0.15, 0.2) is 17.2 Å². The molecule has 1 aromatic rings. The van der Waals surface area contributed by atoms with Crippen LogP contribution >= 0.6 is 0 Å². The first-order valence-electron chi connectivity index (χ1n) is 6.23. The van der Waals surface area contributed by atoms with Crippen LogP contribution in [-0.4, -0.2) is 30.1 Å². The fourth-order valence-electron chi connectivity index (χ4n) is 1.88. The van der Waals surface area contributed by atoms with E-state index in [4.69, 9.17) is 5.11 Å². The second-order valence-corrected chi connectivity index (χ2v) is 6.21. The summed E-state index contributed by atoms with van der Waals surface area (Å²) in [5, 5.41) is 8.92. The first kappa shape index (κ1) is 15.7. The quantitative estimate of drug-likeness (QED) is 0.797. The zero-order valence-electron chi connectivity index (χ0n) is 11.4. The van der Waals surface area contributed by atoms with Gasteiger partial charge in [-0.2, -0.15) is 0 Å². The van der Waals surface area contributed by atoms with Gasteiger partial charge in [-0.15, -0.1) is 0 Å². The molecule has 7 heteroatoms. The number of aryl methyl sites for hydroxylation is 1. The average molecular weight is 288 g/mol. The predicted octanol–water partition coefficient (Wildman–Crippen LogP) is 1.58. The highest BCUT2D eigenvalue weighted by molar-refractivity contribution is 7.89. The van der Waals surface area contributed by atoms with Crippen LogP contribution < -0.4 is 4.72 Å². The monoisotopic (exact) mass is 288 g/mol. The maximum atomic E-state index is 12.1. The Balaban J connectivity index is 3.00. The Hall–Kier alpha value is -1.34. The van der Waals surface area contributed by atoms with Crippen molar-refractivity contribution in [1.29, 1.82) is 0 Å². The molecule has 0 saturated heterocycles. The Labute approximate surface area is 113 Å². The second kappa shape index (κ2) is 6.21. The van der Waals surface area contributed by atoms with Gasteiger partial charge in [0.25, 0.3) is 0 Å². The number of sulfonamides is 1. The van der Waals surface area contributed by atoms with Crippen molar-refractivity contribution in [1.82, 2.24) is 9.29 Å². The fourth-order valence-corrected chi connectivity index (χ4v) is 3.30. The molecule has 0 aromatic carbocycles. The third-order valence-corrected chi connectivity index (χ3v) is 4.45. The van der Waals surface area contributed by atoms with Gasteiger partial charge in [-0.1, -0.05) is 20.3 Å². The first-order valence-corrected chi connectivity index (χ1v) is 7.72. The summed E-state index contributed by atoms with van der Waals surface area (Å²) in [6.45, 7) is 3.90. The summed E-state index contributed by atoms with van der Waals surface area (Å²) in [7, 11) is -2.16. The summed E-state index contributed by atoms with van der Waals surface area (Å²) in [5.41, 5.74) is -0.0519. The third-order valence-electron chi connectivity index (χ3n) is 2.96. The highest BCUT2D eigenvalue weighted by atomic mass is 32.2. The van der Waals surface area contributed by atoms with Crippen LogP contribution in [0, 0.1) is 0 Å². The molecule has 6 nitrogen and oxygen atoms in total. The lowest BCUT2D eigenvalue weighted by Gasteiger charge is -2.15.